The molecule has 0 aliphatic carbocycles. The molecule has 1 unspecified atom stereocenters. The lowest BCUT2D eigenvalue weighted by Crippen LogP contribution is -2.32. The van der Waals surface area contributed by atoms with E-state index in [0.717, 1.165) is 6.42 Å². The minimum Gasteiger partial charge on any atom is -0.460 e. The molecule has 4 nitrogen and oxygen atoms in total. The molecule has 0 fully saturated rings. The van der Waals surface area contributed by atoms with Crippen molar-refractivity contribution in [2.24, 2.45) is 5.92 Å². The third-order valence-electron chi connectivity index (χ3n) is 2.04. The van der Waals surface area contributed by atoms with Crippen LogP contribution in [0.2, 0.25) is 0 Å². The van der Waals surface area contributed by atoms with Gasteiger partial charge in [0.2, 0.25) is 5.91 Å². The normalized spacial score (nSPS) is 9.72. The quantitative estimate of drug-likeness (QED) is 0.454. The third kappa shape index (κ3) is 11.2. The second kappa shape index (κ2) is 13.7. The first-order valence-corrected chi connectivity index (χ1v) is 5.09. The molecular formula is C14H31NO3. The molecule has 0 spiro atoms. The zero-order valence-corrected chi connectivity index (χ0v) is 9.63. The van der Waals surface area contributed by atoms with Crippen LogP contribution in [0.1, 0.15) is 49.5 Å². The van der Waals surface area contributed by atoms with Gasteiger partial charge in [0, 0.05) is 11.5 Å². The van der Waals surface area contributed by atoms with Gasteiger partial charge in [-0.25, -0.2) is 4.79 Å². The summed E-state index contributed by atoms with van der Waals surface area (Å²) in [6.07, 6.45) is 0.803. The minimum atomic E-state index is -0.423. The van der Waals surface area contributed by atoms with Crippen molar-refractivity contribution in [3.63, 3.8) is 0 Å². The van der Waals surface area contributed by atoms with Crippen LogP contribution in [-0.4, -0.2) is 25.0 Å². The average molecular weight is 261 g/mol. The van der Waals surface area contributed by atoms with Crippen LogP contribution in [0.15, 0.2) is 12.2 Å². The third-order valence-corrected chi connectivity index (χ3v) is 2.04. The number of hydrogen-bond acceptors (Lipinski definition) is 3. The van der Waals surface area contributed by atoms with E-state index in [1.807, 2.05) is 13.8 Å². The van der Waals surface area contributed by atoms with Gasteiger partial charge in [-0.1, -0.05) is 42.7 Å². The van der Waals surface area contributed by atoms with Gasteiger partial charge in [0.1, 0.15) is 6.61 Å². The van der Waals surface area contributed by atoms with E-state index in [9.17, 15) is 9.59 Å². The summed E-state index contributed by atoms with van der Waals surface area (Å²) in [6.45, 7) is 9.38. The number of rotatable bonds is 6. The second-order valence-electron chi connectivity index (χ2n) is 3.52. The van der Waals surface area contributed by atoms with E-state index in [1.54, 1.807) is 6.92 Å². The maximum Gasteiger partial charge on any atom is 0.333 e. The highest BCUT2D eigenvalue weighted by Crippen LogP contribution is 1.99. The van der Waals surface area contributed by atoms with E-state index in [0.29, 0.717) is 12.1 Å². The largest absolute Gasteiger partial charge is 0.460 e. The molecule has 0 aromatic rings. The number of hydrogen-bond donors (Lipinski definition) is 1. The van der Waals surface area contributed by atoms with Crippen LogP contribution in [0.25, 0.3) is 0 Å². The van der Waals surface area contributed by atoms with Crippen LogP contribution in [-0.2, 0) is 14.3 Å². The number of amides is 1. The molecule has 1 atom stereocenters. The van der Waals surface area contributed by atoms with Crippen LogP contribution < -0.4 is 5.32 Å². The van der Waals surface area contributed by atoms with Gasteiger partial charge >= 0.3 is 5.97 Å². The zero-order chi connectivity index (χ0) is 11.8. The van der Waals surface area contributed by atoms with Crippen LogP contribution in [0.4, 0.5) is 0 Å². The molecule has 0 aromatic carbocycles. The molecule has 1 N–H and O–H groups in total. The molecule has 0 aromatic heterocycles. The lowest BCUT2D eigenvalue weighted by atomic mass is 10.1. The Hall–Kier alpha value is -1.32. The summed E-state index contributed by atoms with van der Waals surface area (Å²) in [6, 6.07) is 0. The number of ether oxygens (including phenoxy) is 1. The summed E-state index contributed by atoms with van der Waals surface area (Å²) in [5, 5.41) is 2.68. The van der Waals surface area contributed by atoms with E-state index in [-0.39, 0.29) is 40.7 Å². The highest BCUT2D eigenvalue weighted by molar-refractivity contribution is 5.86. The van der Waals surface area contributed by atoms with Crippen molar-refractivity contribution in [3.05, 3.63) is 12.2 Å². The maximum atomic E-state index is 11.3. The number of carbonyl (C=O) groups excluding carboxylic acids is 2. The standard InChI is InChI=1S/C11H19NO3.3CH4/c1-5-9(4)10(13)12-6-7-15-11(14)8(2)3;;;/h9H,2,5-7H2,1,3-4H3,(H,12,13);3*1H4. The molecular weight excluding hydrogens is 230 g/mol. The van der Waals surface area contributed by atoms with Crippen LogP contribution in [0.3, 0.4) is 0 Å². The number of esters is 1. The first kappa shape index (κ1) is 25.5. The smallest absolute Gasteiger partial charge is 0.333 e. The van der Waals surface area contributed by atoms with Crippen molar-refractivity contribution in [2.45, 2.75) is 49.5 Å². The second-order valence-corrected chi connectivity index (χ2v) is 3.52. The molecule has 0 rings (SSSR count). The molecule has 0 saturated heterocycles. The van der Waals surface area contributed by atoms with E-state index >= 15 is 0 Å². The van der Waals surface area contributed by atoms with Crippen molar-refractivity contribution in [1.82, 2.24) is 5.32 Å². The fourth-order valence-corrected chi connectivity index (χ4v) is 0.801. The minimum absolute atomic E-state index is 0. The predicted octanol–water partition coefficient (Wildman–Crippen LogP) is 3.18. The summed E-state index contributed by atoms with van der Waals surface area (Å²) < 4.78 is 4.81. The maximum absolute atomic E-state index is 11.3. The van der Waals surface area contributed by atoms with Crippen molar-refractivity contribution in [3.8, 4) is 0 Å². The van der Waals surface area contributed by atoms with Crippen LogP contribution in [0.5, 0.6) is 0 Å². The van der Waals surface area contributed by atoms with Gasteiger partial charge < -0.3 is 10.1 Å². The van der Waals surface area contributed by atoms with Crippen molar-refractivity contribution < 1.29 is 14.3 Å². The lowest BCUT2D eigenvalue weighted by molar-refractivity contribution is -0.139. The van der Waals surface area contributed by atoms with E-state index in [1.165, 1.54) is 0 Å². The van der Waals surface area contributed by atoms with Gasteiger partial charge in [0.05, 0.1) is 6.54 Å². The molecule has 0 radical (unpaired) electrons. The number of nitrogens with one attached hydrogen (secondary N) is 1. The summed E-state index contributed by atoms with van der Waals surface area (Å²) in [5.41, 5.74) is 0.364. The van der Waals surface area contributed by atoms with Gasteiger partial charge in [-0.05, 0) is 13.3 Å². The van der Waals surface area contributed by atoms with Gasteiger partial charge in [-0.3, -0.25) is 4.79 Å². The van der Waals surface area contributed by atoms with Gasteiger partial charge in [-0.2, -0.15) is 0 Å². The van der Waals surface area contributed by atoms with Crippen molar-refractivity contribution >= 4 is 11.9 Å². The molecule has 0 aliphatic rings. The summed E-state index contributed by atoms with van der Waals surface area (Å²) in [7, 11) is 0. The lowest BCUT2D eigenvalue weighted by Gasteiger charge is -2.10. The predicted molar refractivity (Wildman–Crippen MR) is 78.4 cm³/mol. The number of carbonyl (C=O) groups is 2. The van der Waals surface area contributed by atoms with Gasteiger partial charge in [0.15, 0.2) is 0 Å². The SMILES string of the molecule is C.C.C.C=C(C)C(=O)OCCNC(=O)C(C)CC. The Kier molecular flexibility index (Phi) is 19.5. The molecule has 0 bridgehead atoms. The summed E-state index contributed by atoms with van der Waals surface area (Å²) in [5.74, 6) is -0.432. The first-order chi connectivity index (χ1) is 6.99. The van der Waals surface area contributed by atoms with Gasteiger partial charge in [0.25, 0.3) is 0 Å². The molecule has 0 heterocycles. The van der Waals surface area contributed by atoms with E-state index < -0.39 is 5.97 Å². The Morgan fingerprint density at radius 1 is 1.28 bits per heavy atom. The molecule has 18 heavy (non-hydrogen) atoms. The Bertz CT molecular complexity index is 249. The molecule has 110 valence electrons. The Balaban J connectivity index is -0.000000327. The topological polar surface area (TPSA) is 55.4 Å². The Morgan fingerprint density at radius 3 is 2.17 bits per heavy atom. The molecule has 0 aliphatic heterocycles. The van der Waals surface area contributed by atoms with Crippen molar-refractivity contribution in [2.75, 3.05) is 13.2 Å². The Labute approximate surface area is 113 Å². The first-order valence-electron chi connectivity index (χ1n) is 5.09. The molecule has 0 saturated carbocycles. The zero-order valence-electron chi connectivity index (χ0n) is 9.63. The van der Waals surface area contributed by atoms with Crippen molar-refractivity contribution in [1.29, 1.82) is 0 Å². The molecule has 1 amide bonds. The van der Waals surface area contributed by atoms with E-state index in [2.05, 4.69) is 11.9 Å². The monoisotopic (exact) mass is 261 g/mol. The van der Waals surface area contributed by atoms with Crippen LogP contribution >= 0.6 is 0 Å². The fraction of sp³-hybridized carbons (Fsp3) is 0.714. The van der Waals surface area contributed by atoms with Crippen LogP contribution in [0, 0.1) is 5.92 Å². The summed E-state index contributed by atoms with van der Waals surface area (Å²) in [4.78, 5) is 22.2. The Morgan fingerprint density at radius 2 is 1.78 bits per heavy atom. The van der Waals surface area contributed by atoms with E-state index in [4.69, 9.17) is 4.74 Å². The van der Waals surface area contributed by atoms with Gasteiger partial charge in [-0.15, -0.1) is 0 Å². The average Bonchev–Trinajstić information content (AvgIpc) is 2.22. The highest BCUT2D eigenvalue weighted by atomic mass is 16.5. The fourth-order valence-electron chi connectivity index (χ4n) is 0.801. The summed E-state index contributed by atoms with van der Waals surface area (Å²) >= 11 is 0. The highest BCUT2D eigenvalue weighted by Gasteiger charge is 2.09. The molecule has 4 heteroatoms.